The Morgan fingerprint density at radius 2 is 1.74 bits per heavy atom. The topological polar surface area (TPSA) is 84.3 Å². The Labute approximate surface area is 160 Å². The highest BCUT2D eigenvalue weighted by atomic mass is 32.2. The lowest BCUT2D eigenvalue weighted by Crippen LogP contribution is -2.41. The quantitative estimate of drug-likeness (QED) is 0.869. The van der Waals surface area contributed by atoms with E-state index in [-0.39, 0.29) is 11.8 Å². The van der Waals surface area contributed by atoms with Gasteiger partial charge in [-0.3, -0.25) is 9.48 Å². The van der Waals surface area contributed by atoms with Crippen molar-refractivity contribution in [2.45, 2.75) is 38.5 Å². The predicted molar refractivity (Wildman–Crippen MR) is 104 cm³/mol. The normalized spacial score (nSPS) is 16.4. The number of rotatable bonds is 4. The molecule has 0 aliphatic carbocycles. The van der Waals surface area contributed by atoms with Gasteiger partial charge in [0.1, 0.15) is 0 Å². The van der Waals surface area contributed by atoms with Crippen LogP contribution in [-0.2, 0) is 21.9 Å². The molecule has 0 unspecified atom stereocenters. The monoisotopic (exact) mass is 390 g/mol. The van der Waals surface area contributed by atoms with Gasteiger partial charge in [0.2, 0.25) is 15.9 Å². The standard InChI is InChI=1S/C19H26N4O3S/c1-13-11-14(2)18(15(3)12-13)27(25,26)23-9-5-16(6-10-23)19(24)20-17-7-8-22(4)21-17/h7-8,11-12,16H,5-6,9-10H2,1-4H3,(H,20,21,24). The van der Waals surface area contributed by atoms with Gasteiger partial charge < -0.3 is 5.32 Å². The van der Waals surface area contributed by atoms with Crippen molar-refractivity contribution in [1.29, 1.82) is 0 Å². The number of hydrogen-bond acceptors (Lipinski definition) is 4. The number of benzene rings is 1. The summed E-state index contributed by atoms with van der Waals surface area (Å²) in [5, 5.41) is 6.95. The van der Waals surface area contributed by atoms with Crippen LogP contribution in [-0.4, -0.2) is 41.5 Å². The Kier molecular flexibility index (Phi) is 5.39. The minimum absolute atomic E-state index is 0.103. The van der Waals surface area contributed by atoms with Crippen molar-refractivity contribution >= 4 is 21.7 Å². The molecule has 1 aliphatic heterocycles. The third kappa shape index (κ3) is 4.06. The van der Waals surface area contributed by atoms with Gasteiger partial charge in [0.05, 0.1) is 4.90 Å². The lowest BCUT2D eigenvalue weighted by atomic mass is 9.97. The van der Waals surface area contributed by atoms with Gasteiger partial charge in [-0.15, -0.1) is 0 Å². The molecule has 0 saturated carbocycles. The van der Waals surface area contributed by atoms with Gasteiger partial charge in [-0.1, -0.05) is 17.7 Å². The molecule has 27 heavy (non-hydrogen) atoms. The largest absolute Gasteiger partial charge is 0.309 e. The van der Waals surface area contributed by atoms with Gasteiger partial charge in [-0.05, 0) is 44.7 Å². The minimum Gasteiger partial charge on any atom is -0.309 e. The lowest BCUT2D eigenvalue weighted by Gasteiger charge is -2.31. The second kappa shape index (κ2) is 7.44. The molecule has 7 nitrogen and oxygen atoms in total. The summed E-state index contributed by atoms with van der Waals surface area (Å²) in [5.74, 6) is 0.204. The molecule has 0 atom stereocenters. The molecule has 1 saturated heterocycles. The summed E-state index contributed by atoms with van der Waals surface area (Å²) in [6.07, 6.45) is 2.76. The van der Waals surface area contributed by atoms with E-state index >= 15 is 0 Å². The fourth-order valence-corrected chi connectivity index (χ4v) is 5.65. The zero-order valence-electron chi connectivity index (χ0n) is 16.2. The van der Waals surface area contributed by atoms with E-state index in [1.807, 2.05) is 32.9 Å². The first-order valence-electron chi connectivity index (χ1n) is 9.07. The zero-order valence-corrected chi connectivity index (χ0v) is 17.0. The number of carbonyl (C=O) groups is 1. The van der Waals surface area contributed by atoms with Gasteiger partial charge in [0.15, 0.2) is 5.82 Å². The highest BCUT2D eigenvalue weighted by Crippen LogP contribution is 2.29. The van der Waals surface area contributed by atoms with E-state index in [9.17, 15) is 13.2 Å². The lowest BCUT2D eigenvalue weighted by molar-refractivity contribution is -0.120. The molecule has 0 bridgehead atoms. The second-order valence-corrected chi connectivity index (χ2v) is 9.14. The molecular formula is C19H26N4O3S. The first-order chi connectivity index (χ1) is 12.7. The molecule has 2 heterocycles. The van der Waals surface area contributed by atoms with Crippen molar-refractivity contribution in [1.82, 2.24) is 14.1 Å². The number of hydrogen-bond donors (Lipinski definition) is 1. The maximum atomic E-state index is 13.1. The molecule has 8 heteroatoms. The fraction of sp³-hybridized carbons (Fsp3) is 0.474. The van der Waals surface area contributed by atoms with E-state index < -0.39 is 10.0 Å². The summed E-state index contributed by atoms with van der Waals surface area (Å²) in [6.45, 7) is 6.31. The number of aromatic nitrogens is 2. The molecule has 1 aliphatic rings. The van der Waals surface area contributed by atoms with Crippen LogP contribution in [0.4, 0.5) is 5.82 Å². The third-order valence-corrected chi connectivity index (χ3v) is 7.20. The summed E-state index contributed by atoms with van der Waals surface area (Å²) >= 11 is 0. The van der Waals surface area contributed by atoms with Crippen LogP contribution < -0.4 is 5.32 Å². The molecule has 1 aromatic heterocycles. The van der Waals surface area contributed by atoms with Gasteiger partial charge in [0.25, 0.3) is 0 Å². The van der Waals surface area contributed by atoms with E-state index in [4.69, 9.17) is 0 Å². The van der Waals surface area contributed by atoms with E-state index in [1.54, 1.807) is 24.0 Å². The molecule has 1 fully saturated rings. The van der Waals surface area contributed by atoms with Crippen LogP contribution in [0.3, 0.4) is 0 Å². The van der Waals surface area contributed by atoms with E-state index in [0.717, 1.165) is 16.7 Å². The predicted octanol–water partition coefficient (Wildman–Crippen LogP) is 2.38. The van der Waals surface area contributed by atoms with Crippen molar-refractivity contribution in [3.05, 3.63) is 41.1 Å². The first kappa shape index (κ1) is 19.6. The maximum Gasteiger partial charge on any atom is 0.243 e. The molecule has 1 N–H and O–H groups in total. The van der Waals surface area contributed by atoms with Crippen LogP contribution in [0.15, 0.2) is 29.3 Å². The molecular weight excluding hydrogens is 364 g/mol. The number of aryl methyl sites for hydroxylation is 4. The second-order valence-electron chi connectivity index (χ2n) is 7.27. The number of anilines is 1. The van der Waals surface area contributed by atoms with Gasteiger partial charge in [-0.2, -0.15) is 9.40 Å². The molecule has 0 spiro atoms. The SMILES string of the molecule is Cc1cc(C)c(S(=O)(=O)N2CCC(C(=O)Nc3ccn(C)n3)CC2)c(C)c1. The summed E-state index contributed by atoms with van der Waals surface area (Å²) < 4.78 is 29.4. The van der Waals surface area contributed by atoms with Crippen molar-refractivity contribution < 1.29 is 13.2 Å². The van der Waals surface area contributed by atoms with E-state index in [0.29, 0.717) is 36.6 Å². The van der Waals surface area contributed by atoms with Crippen LogP contribution in [0.5, 0.6) is 0 Å². The fourth-order valence-electron chi connectivity index (χ4n) is 3.77. The average molecular weight is 391 g/mol. The van der Waals surface area contributed by atoms with Crippen molar-refractivity contribution in [3.63, 3.8) is 0 Å². The number of nitrogens with zero attached hydrogens (tertiary/aromatic N) is 3. The van der Waals surface area contributed by atoms with E-state index in [1.165, 1.54) is 4.31 Å². The van der Waals surface area contributed by atoms with Gasteiger partial charge >= 0.3 is 0 Å². The highest BCUT2D eigenvalue weighted by molar-refractivity contribution is 7.89. The Morgan fingerprint density at radius 3 is 2.26 bits per heavy atom. The molecule has 1 amide bonds. The summed E-state index contributed by atoms with van der Waals surface area (Å²) in [6, 6.07) is 5.53. The Bertz CT molecular complexity index is 934. The van der Waals surface area contributed by atoms with Crippen LogP contribution in [0.2, 0.25) is 0 Å². The summed E-state index contributed by atoms with van der Waals surface area (Å²) in [7, 11) is -1.77. The first-order valence-corrected chi connectivity index (χ1v) is 10.5. The van der Waals surface area contributed by atoms with Gasteiger partial charge in [-0.25, -0.2) is 8.42 Å². The summed E-state index contributed by atoms with van der Waals surface area (Å²) in [4.78, 5) is 12.8. The molecule has 2 aromatic rings. The average Bonchev–Trinajstić information content (AvgIpc) is 2.98. The van der Waals surface area contributed by atoms with Crippen LogP contribution in [0, 0.1) is 26.7 Å². The van der Waals surface area contributed by atoms with Crippen molar-refractivity contribution in [3.8, 4) is 0 Å². The van der Waals surface area contributed by atoms with Crippen LogP contribution in [0.25, 0.3) is 0 Å². The van der Waals surface area contributed by atoms with Crippen LogP contribution in [0.1, 0.15) is 29.5 Å². The molecule has 1 aromatic carbocycles. The smallest absolute Gasteiger partial charge is 0.243 e. The third-order valence-electron chi connectivity index (χ3n) is 4.99. The summed E-state index contributed by atoms with van der Waals surface area (Å²) in [5.41, 5.74) is 2.58. The Morgan fingerprint density at radius 1 is 1.15 bits per heavy atom. The van der Waals surface area contributed by atoms with Crippen LogP contribution >= 0.6 is 0 Å². The Balaban J connectivity index is 1.69. The number of piperidine rings is 1. The zero-order chi connectivity index (χ0) is 19.8. The van der Waals surface area contributed by atoms with Crippen molar-refractivity contribution in [2.24, 2.45) is 13.0 Å². The highest BCUT2D eigenvalue weighted by Gasteiger charge is 2.33. The molecule has 0 radical (unpaired) electrons. The number of amides is 1. The van der Waals surface area contributed by atoms with E-state index in [2.05, 4.69) is 10.4 Å². The minimum atomic E-state index is -3.56. The Hall–Kier alpha value is -2.19. The molecule has 3 rings (SSSR count). The number of nitrogens with one attached hydrogen (secondary N) is 1. The van der Waals surface area contributed by atoms with Crippen molar-refractivity contribution in [2.75, 3.05) is 18.4 Å². The molecule has 146 valence electrons. The maximum absolute atomic E-state index is 13.1. The number of carbonyl (C=O) groups excluding carboxylic acids is 1. The number of sulfonamides is 1. The van der Waals surface area contributed by atoms with Gasteiger partial charge in [0, 0.05) is 38.3 Å².